The zero-order valence-electron chi connectivity index (χ0n) is 10.1. The topological polar surface area (TPSA) is 97.6 Å². The van der Waals surface area contributed by atoms with Crippen molar-refractivity contribution in [3.63, 3.8) is 0 Å². The lowest BCUT2D eigenvalue weighted by atomic mass is 10.2. The van der Waals surface area contributed by atoms with Gasteiger partial charge in [-0.3, -0.25) is 10.1 Å². The number of aromatic nitrogens is 3. The molecule has 0 radical (unpaired) electrons. The number of hydrogen-bond donors (Lipinski definition) is 0. The number of rotatable bonds is 2. The summed E-state index contributed by atoms with van der Waals surface area (Å²) in [7, 11) is 0. The summed E-state index contributed by atoms with van der Waals surface area (Å²) in [4.78, 5) is 10.6. The van der Waals surface area contributed by atoms with Gasteiger partial charge in [-0.25, -0.2) is 4.68 Å². The van der Waals surface area contributed by atoms with Crippen molar-refractivity contribution in [2.45, 2.75) is 0 Å². The number of fused-ring (bicyclic) bond motifs is 1. The Balaban J connectivity index is 2.29. The van der Waals surface area contributed by atoms with E-state index in [-0.39, 0.29) is 16.9 Å². The van der Waals surface area contributed by atoms with Gasteiger partial charge < -0.3 is 0 Å². The lowest BCUT2D eigenvalue weighted by molar-refractivity contribution is -0.384. The quantitative estimate of drug-likeness (QED) is 0.522. The van der Waals surface area contributed by atoms with Crippen molar-refractivity contribution in [2.75, 3.05) is 0 Å². The second kappa shape index (κ2) is 4.44. The van der Waals surface area contributed by atoms with Gasteiger partial charge in [0, 0.05) is 6.07 Å². The van der Waals surface area contributed by atoms with Crippen LogP contribution >= 0.6 is 0 Å². The molecular weight excluding hydrogens is 258 g/mol. The van der Waals surface area contributed by atoms with Gasteiger partial charge in [-0.15, -0.1) is 5.10 Å². The Labute approximate surface area is 112 Å². The van der Waals surface area contributed by atoms with Crippen molar-refractivity contribution >= 4 is 16.7 Å². The van der Waals surface area contributed by atoms with Crippen molar-refractivity contribution in [2.24, 2.45) is 0 Å². The maximum atomic E-state index is 11.2. The zero-order chi connectivity index (χ0) is 14.1. The van der Waals surface area contributed by atoms with E-state index in [4.69, 9.17) is 5.26 Å². The number of nitro benzene ring substituents is 1. The van der Waals surface area contributed by atoms with Crippen molar-refractivity contribution < 1.29 is 4.92 Å². The summed E-state index contributed by atoms with van der Waals surface area (Å²) in [6, 6.07) is 13.3. The van der Waals surface area contributed by atoms with Crippen LogP contribution in [-0.2, 0) is 0 Å². The van der Waals surface area contributed by atoms with Gasteiger partial charge >= 0.3 is 0 Å². The Morgan fingerprint density at radius 1 is 1.25 bits per heavy atom. The molecule has 0 aliphatic heterocycles. The fraction of sp³-hybridized carbons (Fsp3) is 0. The third kappa shape index (κ3) is 1.76. The molecule has 0 unspecified atom stereocenters. The first-order valence-electron chi connectivity index (χ1n) is 5.70. The molecule has 0 spiro atoms. The van der Waals surface area contributed by atoms with E-state index in [2.05, 4.69) is 10.3 Å². The molecule has 3 aromatic rings. The van der Waals surface area contributed by atoms with E-state index in [0.29, 0.717) is 11.0 Å². The molecule has 0 N–H and O–H groups in total. The van der Waals surface area contributed by atoms with Crippen LogP contribution in [0.1, 0.15) is 5.56 Å². The molecule has 20 heavy (non-hydrogen) atoms. The highest BCUT2D eigenvalue weighted by atomic mass is 16.6. The minimum absolute atomic E-state index is 0.181. The molecule has 0 aliphatic rings. The summed E-state index contributed by atoms with van der Waals surface area (Å²) < 4.78 is 1.40. The Morgan fingerprint density at radius 2 is 2.05 bits per heavy atom. The number of nitrogens with zero attached hydrogens (tertiary/aromatic N) is 5. The van der Waals surface area contributed by atoms with Crippen molar-refractivity contribution in [3.8, 4) is 11.8 Å². The summed E-state index contributed by atoms with van der Waals surface area (Å²) in [5.41, 5.74) is 1.64. The summed E-state index contributed by atoms with van der Waals surface area (Å²) in [5, 5.41) is 27.9. The van der Waals surface area contributed by atoms with E-state index in [9.17, 15) is 10.1 Å². The molecule has 1 heterocycles. The van der Waals surface area contributed by atoms with E-state index in [1.807, 2.05) is 12.1 Å². The van der Waals surface area contributed by atoms with E-state index < -0.39 is 4.92 Å². The van der Waals surface area contributed by atoms with Gasteiger partial charge in [0.2, 0.25) is 0 Å². The van der Waals surface area contributed by atoms with E-state index in [1.165, 1.54) is 22.9 Å². The summed E-state index contributed by atoms with van der Waals surface area (Å²) >= 11 is 0. The van der Waals surface area contributed by atoms with Gasteiger partial charge in [-0.05, 0) is 24.3 Å². The standard InChI is InChI=1S/C13H7N5O2/c14-8-9-5-6-12(13(7-9)18(19)20)17-11-4-2-1-3-10(11)15-16-17/h1-7H. The van der Waals surface area contributed by atoms with E-state index in [0.717, 1.165) is 0 Å². The highest BCUT2D eigenvalue weighted by molar-refractivity contribution is 5.77. The minimum atomic E-state index is -0.535. The molecule has 3 rings (SSSR count). The third-order valence-corrected chi connectivity index (χ3v) is 2.88. The lowest BCUT2D eigenvalue weighted by Gasteiger charge is -2.03. The first kappa shape index (κ1) is 11.8. The number of para-hydroxylation sites is 1. The van der Waals surface area contributed by atoms with Crippen LogP contribution in [0.5, 0.6) is 0 Å². The number of benzene rings is 2. The highest BCUT2D eigenvalue weighted by Gasteiger charge is 2.19. The van der Waals surface area contributed by atoms with Crippen LogP contribution in [0, 0.1) is 21.4 Å². The van der Waals surface area contributed by atoms with Gasteiger partial charge in [0.1, 0.15) is 11.2 Å². The zero-order valence-corrected chi connectivity index (χ0v) is 10.1. The second-order valence-corrected chi connectivity index (χ2v) is 4.06. The summed E-state index contributed by atoms with van der Waals surface area (Å²) in [6.07, 6.45) is 0. The van der Waals surface area contributed by atoms with Gasteiger partial charge in [0.25, 0.3) is 5.69 Å². The molecule has 0 amide bonds. The minimum Gasteiger partial charge on any atom is -0.258 e. The van der Waals surface area contributed by atoms with Crippen LogP contribution in [0.15, 0.2) is 42.5 Å². The normalized spacial score (nSPS) is 10.3. The number of nitriles is 1. The molecule has 96 valence electrons. The average Bonchev–Trinajstić information content (AvgIpc) is 2.90. The molecule has 0 saturated carbocycles. The smallest absolute Gasteiger partial charge is 0.258 e. The molecule has 0 bridgehead atoms. The highest BCUT2D eigenvalue weighted by Crippen LogP contribution is 2.26. The first-order chi connectivity index (χ1) is 9.70. The van der Waals surface area contributed by atoms with Gasteiger partial charge in [-0.1, -0.05) is 17.3 Å². The molecule has 1 aromatic heterocycles. The van der Waals surface area contributed by atoms with Crippen LogP contribution in [-0.4, -0.2) is 19.9 Å². The fourth-order valence-corrected chi connectivity index (χ4v) is 1.97. The molecule has 2 aromatic carbocycles. The van der Waals surface area contributed by atoms with Crippen LogP contribution in [0.2, 0.25) is 0 Å². The van der Waals surface area contributed by atoms with E-state index >= 15 is 0 Å². The largest absolute Gasteiger partial charge is 0.296 e. The molecule has 0 atom stereocenters. The van der Waals surface area contributed by atoms with Crippen LogP contribution < -0.4 is 0 Å². The molecule has 0 fully saturated rings. The molecule has 7 nitrogen and oxygen atoms in total. The second-order valence-electron chi connectivity index (χ2n) is 4.06. The number of hydrogen-bond acceptors (Lipinski definition) is 5. The maximum absolute atomic E-state index is 11.2. The van der Waals surface area contributed by atoms with Crippen molar-refractivity contribution in [3.05, 3.63) is 58.1 Å². The van der Waals surface area contributed by atoms with Gasteiger partial charge in [0.15, 0.2) is 0 Å². The SMILES string of the molecule is N#Cc1ccc(-n2nnc3ccccc32)c([N+](=O)[O-])c1. The van der Waals surface area contributed by atoms with Gasteiger partial charge in [-0.2, -0.15) is 5.26 Å². The van der Waals surface area contributed by atoms with Crippen molar-refractivity contribution in [1.82, 2.24) is 15.0 Å². The number of nitro groups is 1. The van der Waals surface area contributed by atoms with Crippen LogP contribution in [0.4, 0.5) is 5.69 Å². The molecular formula is C13H7N5O2. The van der Waals surface area contributed by atoms with Crippen LogP contribution in [0.3, 0.4) is 0 Å². The monoisotopic (exact) mass is 265 g/mol. The Morgan fingerprint density at radius 3 is 2.80 bits per heavy atom. The predicted molar refractivity (Wildman–Crippen MR) is 70.2 cm³/mol. The average molecular weight is 265 g/mol. The molecule has 0 aliphatic carbocycles. The fourth-order valence-electron chi connectivity index (χ4n) is 1.97. The Bertz CT molecular complexity index is 863. The predicted octanol–water partition coefficient (Wildman–Crippen LogP) is 2.20. The van der Waals surface area contributed by atoms with Crippen LogP contribution in [0.25, 0.3) is 16.7 Å². The molecule has 0 saturated heterocycles. The Kier molecular flexibility index (Phi) is 2.62. The van der Waals surface area contributed by atoms with E-state index in [1.54, 1.807) is 18.2 Å². The molecule has 7 heteroatoms. The van der Waals surface area contributed by atoms with Crippen molar-refractivity contribution in [1.29, 1.82) is 5.26 Å². The third-order valence-electron chi connectivity index (χ3n) is 2.88. The maximum Gasteiger partial charge on any atom is 0.296 e. The van der Waals surface area contributed by atoms with Gasteiger partial charge in [0.05, 0.1) is 22.1 Å². The lowest BCUT2D eigenvalue weighted by Crippen LogP contribution is -2.02. The first-order valence-corrected chi connectivity index (χ1v) is 5.70. The summed E-state index contributed by atoms with van der Waals surface area (Å²) in [5.74, 6) is 0. The Hall–Kier alpha value is -3.27. The summed E-state index contributed by atoms with van der Waals surface area (Å²) in [6.45, 7) is 0.